The van der Waals surface area contributed by atoms with E-state index in [-0.39, 0.29) is 24.7 Å². The molecule has 1 amide bonds. The summed E-state index contributed by atoms with van der Waals surface area (Å²) in [6, 6.07) is 6.23. The van der Waals surface area contributed by atoms with Gasteiger partial charge in [-0.1, -0.05) is 18.2 Å². The molecule has 0 fully saturated rings. The van der Waals surface area contributed by atoms with Gasteiger partial charge in [0.05, 0.1) is 6.04 Å². The molecule has 0 aromatic heterocycles. The second kappa shape index (κ2) is 4.80. The third-order valence-electron chi connectivity index (χ3n) is 2.74. The minimum atomic E-state index is -1.16. The summed E-state index contributed by atoms with van der Waals surface area (Å²) in [6.45, 7) is 0. The van der Waals surface area contributed by atoms with Gasteiger partial charge in [0.25, 0.3) is 0 Å². The summed E-state index contributed by atoms with van der Waals surface area (Å²) >= 11 is 0. The van der Waals surface area contributed by atoms with Gasteiger partial charge in [0.15, 0.2) is 0 Å². The van der Waals surface area contributed by atoms with Gasteiger partial charge in [0.2, 0.25) is 5.91 Å². The summed E-state index contributed by atoms with van der Waals surface area (Å²) in [5.41, 5.74) is 6.76. The number of hydrogen-bond acceptors (Lipinski definition) is 2. The molecule has 2 unspecified atom stereocenters. The van der Waals surface area contributed by atoms with E-state index in [0.29, 0.717) is 11.3 Å². The fourth-order valence-electron chi connectivity index (χ4n) is 1.88. The standard InChI is InChI=1S/C11H13FN2O.ClH/c1-14-10-5-3-2-4-7(10)8(12)6-9(13)11(14)15;/h2-5,8-9H,6,13H2,1H3;1H. The van der Waals surface area contributed by atoms with Gasteiger partial charge in [0.1, 0.15) is 6.17 Å². The predicted octanol–water partition coefficient (Wildman–Crippen LogP) is 1.81. The molecule has 3 nitrogen and oxygen atoms in total. The Bertz CT molecular complexity index is 399. The number of fused-ring (bicyclic) bond motifs is 1. The Kier molecular flexibility index (Phi) is 3.88. The number of anilines is 1. The molecular weight excluding hydrogens is 231 g/mol. The van der Waals surface area contributed by atoms with Crippen LogP contribution in [0.2, 0.25) is 0 Å². The first-order valence-corrected chi connectivity index (χ1v) is 4.87. The highest BCUT2D eigenvalue weighted by molar-refractivity contribution is 5.98. The molecule has 0 aliphatic carbocycles. The summed E-state index contributed by atoms with van der Waals surface area (Å²) in [5, 5.41) is 0. The number of alkyl halides is 1. The highest BCUT2D eigenvalue weighted by atomic mass is 35.5. The minimum Gasteiger partial charge on any atom is -0.320 e. The molecule has 0 bridgehead atoms. The SMILES string of the molecule is CN1C(=O)C(N)CC(F)c2ccccc21.Cl. The van der Waals surface area contributed by atoms with E-state index in [9.17, 15) is 9.18 Å². The summed E-state index contributed by atoms with van der Waals surface area (Å²) in [6.07, 6.45) is -1.11. The van der Waals surface area contributed by atoms with Gasteiger partial charge < -0.3 is 10.6 Å². The number of benzene rings is 1. The molecule has 0 saturated heterocycles. The molecule has 0 radical (unpaired) electrons. The molecule has 1 aromatic carbocycles. The van der Waals surface area contributed by atoms with Gasteiger partial charge in [-0.25, -0.2) is 4.39 Å². The molecule has 2 rings (SSSR count). The highest BCUT2D eigenvalue weighted by Crippen LogP contribution is 2.34. The topological polar surface area (TPSA) is 46.3 Å². The van der Waals surface area contributed by atoms with Crippen LogP contribution in [0.15, 0.2) is 24.3 Å². The number of rotatable bonds is 0. The van der Waals surface area contributed by atoms with Crippen LogP contribution < -0.4 is 10.6 Å². The van der Waals surface area contributed by atoms with Crippen LogP contribution in [-0.2, 0) is 4.79 Å². The normalized spacial score (nSPS) is 24.4. The van der Waals surface area contributed by atoms with Crippen molar-refractivity contribution < 1.29 is 9.18 Å². The van der Waals surface area contributed by atoms with E-state index in [0.717, 1.165) is 0 Å². The first kappa shape index (κ1) is 12.9. The molecule has 1 heterocycles. The summed E-state index contributed by atoms with van der Waals surface area (Å²) in [4.78, 5) is 13.1. The number of carbonyl (C=O) groups is 1. The third-order valence-corrected chi connectivity index (χ3v) is 2.74. The largest absolute Gasteiger partial charge is 0.320 e. The fraction of sp³-hybridized carbons (Fsp3) is 0.364. The van der Waals surface area contributed by atoms with Crippen molar-refractivity contribution in [2.75, 3.05) is 11.9 Å². The Hall–Kier alpha value is -1.13. The van der Waals surface area contributed by atoms with Crippen molar-refractivity contribution in [1.82, 2.24) is 0 Å². The molecule has 1 aliphatic heterocycles. The number of likely N-dealkylation sites (N-methyl/N-ethyl adjacent to an activating group) is 1. The average Bonchev–Trinajstić information content (AvgIpc) is 2.33. The van der Waals surface area contributed by atoms with Crippen molar-refractivity contribution in [3.05, 3.63) is 29.8 Å². The summed E-state index contributed by atoms with van der Waals surface area (Å²) in [7, 11) is 1.62. The average molecular weight is 245 g/mol. The molecule has 0 spiro atoms. The first-order chi connectivity index (χ1) is 7.11. The van der Waals surface area contributed by atoms with Crippen LogP contribution in [0.5, 0.6) is 0 Å². The lowest BCUT2D eigenvalue weighted by atomic mass is 10.0. The lowest BCUT2D eigenvalue weighted by Crippen LogP contribution is -2.40. The molecule has 2 atom stereocenters. The van der Waals surface area contributed by atoms with Crippen LogP contribution in [-0.4, -0.2) is 19.0 Å². The molecule has 1 aromatic rings. The zero-order valence-electron chi connectivity index (χ0n) is 8.89. The Morgan fingerprint density at radius 1 is 1.44 bits per heavy atom. The fourth-order valence-corrected chi connectivity index (χ4v) is 1.88. The monoisotopic (exact) mass is 244 g/mol. The smallest absolute Gasteiger partial charge is 0.243 e. The summed E-state index contributed by atoms with van der Waals surface area (Å²) < 4.78 is 13.8. The van der Waals surface area contributed by atoms with Crippen molar-refractivity contribution in [3.8, 4) is 0 Å². The van der Waals surface area contributed by atoms with Crippen molar-refractivity contribution in [2.45, 2.75) is 18.6 Å². The zero-order valence-corrected chi connectivity index (χ0v) is 9.71. The van der Waals surface area contributed by atoms with Crippen LogP contribution in [0.3, 0.4) is 0 Å². The maximum Gasteiger partial charge on any atom is 0.243 e. The molecular formula is C11H14ClFN2O. The van der Waals surface area contributed by atoms with E-state index < -0.39 is 12.2 Å². The quantitative estimate of drug-likeness (QED) is 0.757. The number of amides is 1. The van der Waals surface area contributed by atoms with E-state index >= 15 is 0 Å². The number of carbonyl (C=O) groups excluding carboxylic acids is 1. The minimum absolute atomic E-state index is 0. The van der Waals surface area contributed by atoms with E-state index in [1.165, 1.54) is 4.90 Å². The Labute approximate surface area is 99.8 Å². The Balaban J connectivity index is 0.00000128. The van der Waals surface area contributed by atoms with Crippen molar-refractivity contribution in [1.29, 1.82) is 0 Å². The third kappa shape index (κ3) is 2.03. The second-order valence-electron chi connectivity index (χ2n) is 3.77. The zero-order chi connectivity index (χ0) is 11.0. The maximum absolute atomic E-state index is 13.8. The van der Waals surface area contributed by atoms with E-state index in [1.54, 1.807) is 31.3 Å². The number of nitrogens with two attached hydrogens (primary N) is 1. The van der Waals surface area contributed by atoms with Gasteiger partial charge >= 0.3 is 0 Å². The second-order valence-corrected chi connectivity index (χ2v) is 3.77. The van der Waals surface area contributed by atoms with Crippen LogP contribution in [0.4, 0.5) is 10.1 Å². The number of nitrogens with zero attached hydrogens (tertiary/aromatic N) is 1. The molecule has 0 saturated carbocycles. The van der Waals surface area contributed by atoms with Gasteiger partial charge in [-0.15, -0.1) is 12.4 Å². The number of para-hydroxylation sites is 1. The number of halogens is 2. The van der Waals surface area contributed by atoms with Gasteiger partial charge in [-0.05, 0) is 6.07 Å². The van der Waals surface area contributed by atoms with Crippen LogP contribution in [0.25, 0.3) is 0 Å². The maximum atomic E-state index is 13.8. The van der Waals surface area contributed by atoms with Crippen molar-refractivity contribution in [3.63, 3.8) is 0 Å². The van der Waals surface area contributed by atoms with E-state index in [4.69, 9.17) is 5.73 Å². The van der Waals surface area contributed by atoms with E-state index in [1.807, 2.05) is 0 Å². The lowest BCUT2D eigenvalue weighted by molar-refractivity contribution is -0.119. The molecule has 88 valence electrons. The van der Waals surface area contributed by atoms with Crippen LogP contribution >= 0.6 is 12.4 Å². The lowest BCUT2D eigenvalue weighted by Gasteiger charge is -2.18. The van der Waals surface area contributed by atoms with Gasteiger partial charge in [-0.2, -0.15) is 0 Å². The Morgan fingerprint density at radius 2 is 2.06 bits per heavy atom. The van der Waals surface area contributed by atoms with Crippen LogP contribution in [0, 0.1) is 0 Å². The summed E-state index contributed by atoms with van der Waals surface area (Å²) in [5.74, 6) is -0.234. The van der Waals surface area contributed by atoms with Gasteiger partial charge in [0, 0.05) is 24.7 Å². The molecule has 2 N–H and O–H groups in total. The Morgan fingerprint density at radius 3 is 2.75 bits per heavy atom. The first-order valence-electron chi connectivity index (χ1n) is 4.87. The van der Waals surface area contributed by atoms with Crippen molar-refractivity contribution in [2.24, 2.45) is 5.73 Å². The highest BCUT2D eigenvalue weighted by Gasteiger charge is 2.30. The molecule has 5 heteroatoms. The van der Waals surface area contributed by atoms with Crippen LogP contribution in [0.1, 0.15) is 18.2 Å². The van der Waals surface area contributed by atoms with Crippen molar-refractivity contribution >= 4 is 24.0 Å². The molecule has 1 aliphatic rings. The van der Waals surface area contributed by atoms with Gasteiger partial charge in [-0.3, -0.25) is 4.79 Å². The number of hydrogen-bond donors (Lipinski definition) is 1. The van der Waals surface area contributed by atoms with E-state index in [2.05, 4.69) is 0 Å². The molecule has 16 heavy (non-hydrogen) atoms. The predicted molar refractivity (Wildman–Crippen MR) is 63.5 cm³/mol.